The van der Waals surface area contributed by atoms with Gasteiger partial charge in [-0.3, -0.25) is 9.59 Å². The molecular weight excluding hydrogens is 351 g/mol. The molecule has 0 spiro atoms. The quantitative estimate of drug-likeness (QED) is 0.712. The molecule has 2 aromatic rings. The molecule has 2 rings (SSSR count). The molecule has 27 heavy (non-hydrogen) atoms. The minimum atomic E-state index is -1.22. The van der Waals surface area contributed by atoms with E-state index in [4.69, 9.17) is 5.11 Å². The van der Waals surface area contributed by atoms with Crippen molar-refractivity contribution < 1.29 is 23.9 Å². The molecule has 3 N–H and O–H groups in total. The largest absolute Gasteiger partial charge is 0.478 e. The fraction of sp³-hybridized carbons (Fsp3) is 0.250. The lowest BCUT2D eigenvalue weighted by Gasteiger charge is -2.12. The summed E-state index contributed by atoms with van der Waals surface area (Å²) < 4.78 is 13.8. The van der Waals surface area contributed by atoms with Gasteiger partial charge in [-0.25, -0.2) is 9.18 Å². The van der Waals surface area contributed by atoms with Crippen LogP contribution in [0.4, 0.5) is 15.8 Å². The fourth-order valence-corrected chi connectivity index (χ4v) is 2.47. The summed E-state index contributed by atoms with van der Waals surface area (Å²) in [4.78, 5) is 35.2. The maximum absolute atomic E-state index is 13.8. The SMILES string of the molecule is Cc1cc(C(=O)Nc2cc(C(=O)O)ccc2F)ccc1NC(=O)CC(C)C. The number of hydrogen-bond acceptors (Lipinski definition) is 3. The molecule has 0 aliphatic heterocycles. The number of carboxylic acid groups (broad SMARTS) is 1. The zero-order valence-electron chi connectivity index (χ0n) is 15.3. The van der Waals surface area contributed by atoms with Gasteiger partial charge in [0.15, 0.2) is 0 Å². The summed E-state index contributed by atoms with van der Waals surface area (Å²) in [7, 11) is 0. The van der Waals surface area contributed by atoms with Crippen molar-refractivity contribution in [3.63, 3.8) is 0 Å². The van der Waals surface area contributed by atoms with E-state index in [0.717, 1.165) is 18.2 Å². The van der Waals surface area contributed by atoms with Crippen molar-refractivity contribution in [3.8, 4) is 0 Å². The molecular formula is C20H21FN2O4. The zero-order chi connectivity index (χ0) is 20.1. The van der Waals surface area contributed by atoms with E-state index in [2.05, 4.69) is 10.6 Å². The van der Waals surface area contributed by atoms with Crippen LogP contribution in [-0.4, -0.2) is 22.9 Å². The van der Waals surface area contributed by atoms with Crippen molar-refractivity contribution >= 4 is 29.2 Å². The Labute approximate surface area is 156 Å². The highest BCUT2D eigenvalue weighted by Crippen LogP contribution is 2.20. The van der Waals surface area contributed by atoms with E-state index in [1.807, 2.05) is 13.8 Å². The first-order chi connectivity index (χ1) is 12.7. The number of nitrogens with one attached hydrogen (secondary N) is 2. The number of aryl methyl sites for hydroxylation is 1. The molecule has 0 radical (unpaired) electrons. The number of aromatic carboxylic acids is 1. The molecule has 0 fully saturated rings. The minimum absolute atomic E-state index is 0.113. The lowest BCUT2D eigenvalue weighted by Crippen LogP contribution is -2.16. The second kappa shape index (κ2) is 8.44. The average Bonchev–Trinajstić information content (AvgIpc) is 2.57. The van der Waals surface area contributed by atoms with Gasteiger partial charge in [0.2, 0.25) is 5.91 Å². The van der Waals surface area contributed by atoms with Gasteiger partial charge in [-0.05, 0) is 54.8 Å². The van der Waals surface area contributed by atoms with Gasteiger partial charge in [-0.15, -0.1) is 0 Å². The summed E-state index contributed by atoms with van der Waals surface area (Å²) in [6.45, 7) is 5.63. The number of hydrogen-bond donors (Lipinski definition) is 3. The van der Waals surface area contributed by atoms with Crippen LogP contribution in [0, 0.1) is 18.7 Å². The van der Waals surface area contributed by atoms with Crippen molar-refractivity contribution in [1.82, 2.24) is 0 Å². The summed E-state index contributed by atoms with van der Waals surface area (Å²) >= 11 is 0. The lowest BCUT2D eigenvalue weighted by atomic mass is 10.1. The molecule has 0 atom stereocenters. The third-order valence-corrected chi connectivity index (χ3v) is 3.82. The molecule has 0 unspecified atom stereocenters. The number of carbonyl (C=O) groups is 3. The van der Waals surface area contributed by atoms with Crippen LogP contribution in [0.15, 0.2) is 36.4 Å². The van der Waals surface area contributed by atoms with Gasteiger partial charge in [0.25, 0.3) is 5.91 Å². The van der Waals surface area contributed by atoms with Crippen LogP contribution in [0.2, 0.25) is 0 Å². The van der Waals surface area contributed by atoms with Gasteiger partial charge in [0.05, 0.1) is 11.3 Å². The summed E-state index contributed by atoms with van der Waals surface area (Å²) in [5.74, 6) is -2.42. The molecule has 0 aromatic heterocycles. The van der Waals surface area contributed by atoms with Gasteiger partial charge in [-0.2, -0.15) is 0 Å². The lowest BCUT2D eigenvalue weighted by molar-refractivity contribution is -0.116. The van der Waals surface area contributed by atoms with Crippen LogP contribution >= 0.6 is 0 Å². The van der Waals surface area contributed by atoms with E-state index >= 15 is 0 Å². The number of benzene rings is 2. The Kier molecular flexibility index (Phi) is 6.28. The summed E-state index contributed by atoms with van der Waals surface area (Å²) in [6, 6.07) is 7.84. The van der Waals surface area contributed by atoms with Crippen LogP contribution in [-0.2, 0) is 4.79 Å². The van der Waals surface area contributed by atoms with Crippen molar-refractivity contribution in [2.75, 3.05) is 10.6 Å². The number of halogens is 1. The maximum Gasteiger partial charge on any atom is 0.335 e. The average molecular weight is 372 g/mol. The normalized spacial score (nSPS) is 10.6. The minimum Gasteiger partial charge on any atom is -0.478 e. The van der Waals surface area contributed by atoms with Gasteiger partial charge in [-0.1, -0.05) is 13.8 Å². The van der Waals surface area contributed by atoms with E-state index in [0.29, 0.717) is 17.7 Å². The van der Waals surface area contributed by atoms with Crippen LogP contribution in [0.25, 0.3) is 0 Å². The molecule has 0 heterocycles. The number of carboxylic acids is 1. The van der Waals surface area contributed by atoms with E-state index < -0.39 is 17.7 Å². The fourth-order valence-electron chi connectivity index (χ4n) is 2.47. The number of anilines is 2. The predicted molar refractivity (Wildman–Crippen MR) is 101 cm³/mol. The smallest absolute Gasteiger partial charge is 0.335 e. The highest BCUT2D eigenvalue weighted by molar-refractivity contribution is 6.05. The zero-order valence-corrected chi connectivity index (χ0v) is 15.3. The standard InChI is InChI=1S/C20H21FN2O4/c1-11(2)8-18(24)22-16-7-5-13(9-12(16)3)19(25)23-17-10-14(20(26)27)4-6-15(17)21/h4-7,9-11H,8H2,1-3H3,(H,22,24)(H,23,25)(H,26,27). The Morgan fingerprint density at radius 2 is 1.67 bits per heavy atom. The third-order valence-electron chi connectivity index (χ3n) is 3.82. The first-order valence-corrected chi connectivity index (χ1v) is 8.42. The molecule has 6 nitrogen and oxygen atoms in total. The molecule has 0 aliphatic carbocycles. The molecule has 2 amide bonds. The van der Waals surface area contributed by atoms with Crippen LogP contribution < -0.4 is 10.6 Å². The van der Waals surface area contributed by atoms with E-state index in [1.165, 1.54) is 6.07 Å². The van der Waals surface area contributed by atoms with Crippen LogP contribution in [0.3, 0.4) is 0 Å². The molecule has 0 saturated carbocycles. The second-order valence-electron chi connectivity index (χ2n) is 6.63. The Bertz CT molecular complexity index is 894. The molecule has 7 heteroatoms. The maximum atomic E-state index is 13.8. The van der Waals surface area contributed by atoms with Gasteiger partial charge >= 0.3 is 5.97 Å². The molecule has 142 valence electrons. The first-order valence-electron chi connectivity index (χ1n) is 8.42. The molecule has 0 aliphatic rings. The summed E-state index contributed by atoms with van der Waals surface area (Å²) in [6.07, 6.45) is 0.390. The van der Waals surface area contributed by atoms with Crippen molar-refractivity contribution in [2.24, 2.45) is 5.92 Å². The third kappa shape index (κ3) is 5.37. The van der Waals surface area contributed by atoms with Gasteiger partial charge in [0, 0.05) is 17.7 Å². The number of carbonyl (C=O) groups excluding carboxylic acids is 2. The molecule has 2 aromatic carbocycles. The van der Waals surface area contributed by atoms with Crippen molar-refractivity contribution in [1.29, 1.82) is 0 Å². The van der Waals surface area contributed by atoms with Crippen molar-refractivity contribution in [3.05, 3.63) is 58.9 Å². The number of rotatable bonds is 6. The first kappa shape index (κ1) is 20.1. The highest BCUT2D eigenvalue weighted by Gasteiger charge is 2.14. The van der Waals surface area contributed by atoms with Gasteiger partial charge in [0.1, 0.15) is 5.82 Å². The van der Waals surface area contributed by atoms with E-state index in [9.17, 15) is 18.8 Å². The Hall–Kier alpha value is -3.22. The molecule has 0 saturated heterocycles. The Morgan fingerprint density at radius 3 is 2.26 bits per heavy atom. The van der Waals surface area contributed by atoms with E-state index in [-0.39, 0.29) is 28.6 Å². The van der Waals surface area contributed by atoms with Crippen LogP contribution in [0.5, 0.6) is 0 Å². The Morgan fingerprint density at radius 1 is 1.00 bits per heavy atom. The summed E-state index contributed by atoms with van der Waals surface area (Å²) in [5, 5.41) is 14.1. The van der Waals surface area contributed by atoms with Gasteiger partial charge < -0.3 is 15.7 Å². The topological polar surface area (TPSA) is 95.5 Å². The predicted octanol–water partition coefficient (Wildman–Crippen LogP) is 4.07. The monoisotopic (exact) mass is 372 g/mol. The highest BCUT2D eigenvalue weighted by atomic mass is 19.1. The Balaban J connectivity index is 2.16. The van der Waals surface area contributed by atoms with E-state index in [1.54, 1.807) is 19.1 Å². The second-order valence-corrected chi connectivity index (χ2v) is 6.63. The molecule has 0 bridgehead atoms. The summed E-state index contributed by atoms with van der Waals surface area (Å²) in [5.41, 5.74) is 1.18. The number of amides is 2. The van der Waals surface area contributed by atoms with Crippen LogP contribution in [0.1, 0.15) is 46.5 Å². The van der Waals surface area contributed by atoms with Crippen molar-refractivity contribution in [2.45, 2.75) is 27.2 Å².